The Morgan fingerprint density at radius 3 is 2.80 bits per heavy atom. The number of benzene rings is 1. The van der Waals surface area contributed by atoms with Crippen molar-refractivity contribution >= 4 is 11.5 Å². The van der Waals surface area contributed by atoms with Gasteiger partial charge in [-0.3, -0.25) is 9.67 Å². The maximum absolute atomic E-state index is 4.79. The van der Waals surface area contributed by atoms with Crippen LogP contribution in [0, 0.1) is 0 Å². The van der Waals surface area contributed by atoms with Crippen molar-refractivity contribution in [2.24, 2.45) is 12.0 Å². The highest BCUT2D eigenvalue weighted by Crippen LogP contribution is 2.29. The van der Waals surface area contributed by atoms with E-state index < -0.39 is 0 Å². The van der Waals surface area contributed by atoms with Crippen LogP contribution in [-0.2, 0) is 26.7 Å². The number of aliphatic imine (C=N–C) groups is 1. The summed E-state index contributed by atoms with van der Waals surface area (Å²) in [4.78, 5) is 20.4. The van der Waals surface area contributed by atoms with Crippen molar-refractivity contribution in [2.75, 3.05) is 11.4 Å². The summed E-state index contributed by atoms with van der Waals surface area (Å²) >= 11 is 0. The smallest absolute Gasteiger partial charge is 0.146 e. The van der Waals surface area contributed by atoms with Gasteiger partial charge >= 0.3 is 0 Å². The molecule has 30 heavy (non-hydrogen) atoms. The number of nitrogens with zero attached hydrogens (tertiary/aromatic N) is 9. The molecule has 0 radical (unpaired) electrons. The summed E-state index contributed by atoms with van der Waals surface area (Å²) in [5.41, 5.74) is 6.31. The molecule has 3 aromatic heterocycles. The van der Waals surface area contributed by atoms with Gasteiger partial charge in [0.2, 0.25) is 0 Å². The molecule has 5 heterocycles. The quantitative estimate of drug-likeness (QED) is 0.524. The van der Waals surface area contributed by atoms with Crippen LogP contribution in [0.3, 0.4) is 0 Å². The summed E-state index contributed by atoms with van der Waals surface area (Å²) in [7, 11) is 1.93. The predicted octanol–water partition coefficient (Wildman–Crippen LogP) is 1.84. The van der Waals surface area contributed by atoms with Crippen LogP contribution in [0.4, 0.5) is 5.82 Å². The summed E-state index contributed by atoms with van der Waals surface area (Å²) in [5, 5.41) is 8.53. The Balaban J connectivity index is 1.33. The minimum atomic E-state index is 0.671. The van der Waals surface area contributed by atoms with Crippen LogP contribution in [0.25, 0.3) is 11.1 Å². The Hall–Kier alpha value is -3.88. The van der Waals surface area contributed by atoms with Crippen molar-refractivity contribution in [3.63, 3.8) is 0 Å². The normalized spacial score (nSPS) is 15.1. The molecule has 0 fully saturated rings. The van der Waals surface area contributed by atoms with E-state index in [-0.39, 0.29) is 0 Å². The molecule has 0 spiro atoms. The molecule has 1 aromatic carbocycles. The van der Waals surface area contributed by atoms with E-state index >= 15 is 0 Å². The van der Waals surface area contributed by atoms with Crippen molar-refractivity contribution < 1.29 is 0 Å². The number of aryl methyl sites for hydroxylation is 1. The lowest BCUT2D eigenvalue weighted by Gasteiger charge is -2.27. The Kier molecular flexibility index (Phi) is 3.73. The van der Waals surface area contributed by atoms with Gasteiger partial charge in [-0.25, -0.2) is 19.6 Å². The van der Waals surface area contributed by atoms with E-state index in [0.29, 0.717) is 13.1 Å². The van der Waals surface area contributed by atoms with E-state index in [1.165, 1.54) is 5.56 Å². The zero-order chi connectivity index (χ0) is 20.1. The van der Waals surface area contributed by atoms with Crippen LogP contribution in [0.5, 0.6) is 0 Å². The van der Waals surface area contributed by atoms with Crippen LogP contribution in [0.1, 0.15) is 22.6 Å². The second kappa shape index (κ2) is 6.58. The van der Waals surface area contributed by atoms with Gasteiger partial charge in [-0.2, -0.15) is 10.2 Å². The number of hydrogen-bond donors (Lipinski definition) is 0. The van der Waals surface area contributed by atoms with Gasteiger partial charge in [-0.15, -0.1) is 0 Å². The first-order valence-electron chi connectivity index (χ1n) is 9.85. The van der Waals surface area contributed by atoms with E-state index in [0.717, 1.165) is 52.8 Å². The van der Waals surface area contributed by atoms with E-state index in [1.807, 2.05) is 34.9 Å². The van der Waals surface area contributed by atoms with Gasteiger partial charge in [0.1, 0.15) is 24.3 Å². The molecule has 2 aliphatic heterocycles. The Bertz CT molecular complexity index is 1280. The molecule has 2 aliphatic rings. The molecule has 9 heteroatoms. The standard InChI is InChI=1S/C21H19N9/c1-28-10-16(9-26-28)14-2-3-15-8-22-21(17(15)6-14)18-7-19(24-12-23-18)29-4-5-30-20(11-29)25-13-27-30/h2-3,6-7,9-10,12-13H,4-5,8,11H2,1H3. The number of aromatic nitrogens is 7. The van der Waals surface area contributed by atoms with Crippen molar-refractivity contribution in [1.82, 2.24) is 34.5 Å². The number of hydrogen-bond acceptors (Lipinski definition) is 7. The highest BCUT2D eigenvalue weighted by molar-refractivity contribution is 6.14. The lowest BCUT2D eigenvalue weighted by atomic mass is 9.98. The van der Waals surface area contributed by atoms with Crippen molar-refractivity contribution in [1.29, 1.82) is 0 Å². The minimum absolute atomic E-state index is 0.671. The topological polar surface area (TPSA) is 89.9 Å². The van der Waals surface area contributed by atoms with Gasteiger partial charge in [0.15, 0.2) is 0 Å². The third-order valence-electron chi connectivity index (χ3n) is 5.64. The maximum atomic E-state index is 4.79. The first-order chi connectivity index (χ1) is 14.7. The zero-order valence-electron chi connectivity index (χ0n) is 16.5. The van der Waals surface area contributed by atoms with E-state index in [4.69, 9.17) is 4.99 Å². The van der Waals surface area contributed by atoms with Gasteiger partial charge in [-0.05, 0) is 17.2 Å². The molecule has 9 nitrogen and oxygen atoms in total. The van der Waals surface area contributed by atoms with Gasteiger partial charge in [0, 0.05) is 37.0 Å². The second-order valence-corrected chi connectivity index (χ2v) is 7.52. The zero-order valence-corrected chi connectivity index (χ0v) is 16.5. The molecule has 0 amide bonds. The molecule has 0 atom stereocenters. The largest absolute Gasteiger partial charge is 0.347 e. The first-order valence-corrected chi connectivity index (χ1v) is 9.85. The number of rotatable bonds is 3. The average molecular weight is 397 g/mol. The fourth-order valence-corrected chi connectivity index (χ4v) is 4.06. The van der Waals surface area contributed by atoms with Gasteiger partial charge in [0.25, 0.3) is 0 Å². The highest BCUT2D eigenvalue weighted by Gasteiger charge is 2.23. The third kappa shape index (κ3) is 2.78. The first kappa shape index (κ1) is 17.0. The van der Waals surface area contributed by atoms with Crippen molar-refractivity contribution in [3.05, 3.63) is 72.0 Å². The fourth-order valence-electron chi connectivity index (χ4n) is 4.06. The SMILES string of the molecule is Cn1cc(-c2ccc3c(c2)C(c2cc(N4CCn5ncnc5C4)ncn2)=NC3)cn1. The van der Waals surface area contributed by atoms with E-state index in [1.54, 1.807) is 12.7 Å². The second-order valence-electron chi connectivity index (χ2n) is 7.52. The summed E-state index contributed by atoms with van der Waals surface area (Å²) < 4.78 is 3.75. The molecule has 0 bridgehead atoms. The number of anilines is 1. The van der Waals surface area contributed by atoms with Crippen molar-refractivity contribution in [3.8, 4) is 11.1 Å². The minimum Gasteiger partial charge on any atom is -0.347 e. The molecular formula is C21H19N9. The fraction of sp³-hybridized carbons (Fsp3) is 0.238. The lowest BCUT2D eigenvalue weighted by molar-refractivity contribution is 0.510. The van der Waals surface area contributed by atoms with E-state index in [2.05, 4.69) is 48.2 Å². The third-order valence-corrected chi connectivity index (χ3v) is 5.64. The molecule has 0 N–H and O–H groups in total. The van der Waals surface area contributed by atoms with Gasteiger partial charge in [-0.1, -0.05) is 12.1 Å². The lowest BCUT2D eigenvalue weighted by Crippen LogP contribution is -2.35. The van der Waals surface area contributed by atoms with Crippen LogP contribution in [0.15, 0.2) is 54.3 Å². The summed E-state index contributed by atoms with van der Waals surface area (Å²) in [6.45, 7) is 2.99. The van der Waals surface area contributed by atoms with E-state index in [9.17, 15) is 0 Å². The summed E-state index contributed by atoms with van der Waals surface area (Å²) in [6.07, 6.45) is 7.13. The predicted molar refractivity (Wildman–Crippen MR) is 111 cm³/mol. The van der Waals surface area contributed by atoms with Gasteiger partial charge < -0.3 is 4.90 Å². The van der Waals surface area contributed by atoms with Crippen LogP contribution < -0.4 is 4.90 Å². The maximum Gasteiger partial charge on any atom is 0.146 e. The Morgan fingerprint density at radius 1 is 0.933 bits per heavy atom. The monoisotopic (exact) mass is 397 g/mol. The van der Waals surface area contributed by atoms with Gasteiger partial charge in [0.05, 0.1) is 37.2 Å². The summed E-state index contributed by atoms with van der Waals surface area (Å²) in [6, 6.07) is 8.48. The molecule has 0 aliphatic carbocycles. The molecule has 0 saturated heterocycles. The number of fused-ring (bicyclic) bond motifs is 2. The average Bonchev–Trinajstić information content (AvgIpc) is 3.52. The molecular weight excluding hydrogens is 378 g/mol. The molecule has 148 valence electrons. The molecule has 0 saturated carbocycles. The Morgan fingerprint density at radius 2 is 1.90 bits per heavy atom. The molecule has 4 aromatic rings. The van der Waals surface area contributed by atoms with Crippen LogP contribution >= 0.6 is 0 Å². The Labute approximate surface area is 172 Å². The highest BCUT2D eigenvalue weighted by atomic mass is 15.4. The van der Waals surface area contributed by atoms with Crippen molar-refractivity contribution in [2.45, 2.75) is 19.6 Å². The molecule has 0 unspecified atom stereocenters. The molecule has 6 rings (SSSR count). The van der Waals surface area contributed by atoms with Crippen LogP contribution in [-0.4, -0.2) is 46.8 Å². The van der Waals surface area contributed by atoms with Crippen LogP contribution in [0.2, 0.25) is 0 Å². The summed E-state index contributed by atoms with van der Waals surface area (Å²) in [5.74, 6) is 1.83.